The summed E-state index contributed by atoms with van der Waals surface area (Å²) in [5, 5.41) is 2.28. The Kier molecular flexibility index (Phi) is 5.88. The van der Waals surface area contributed by atoms with Gasteiger partial charge in [0.25, 0.3) is 0 Å². The van der Waals surface area contributed by atoms with Gasteiger partial charge in [-0.15, -0.1) is 0 Å². The molecule has 3 saturated heterocycles. The van der Waals surface area contributed by atoms with E-state index in [-0.39, 0.29) is 29.7 Å². The third-order valence-corrected chi connectivity index (χ3v) is 8.80. The number of nitrogens with one attached hydrogen (secondary N) is 1. The number of hydrogen-bond acceptors (Lipinski definition) is 7. The van der Waals surface area contributed by atoms with E-state index in [0.717, 1.165) is 63.2 Å². The van der Waals surface area contributed by atoms with Crippen molar-refractivity contribution in [1.29, 1.82) is 0 Å². The Morgan fingerprint density at radius 3 is 2.29 bits per heavy atom. The van der Waals surface area contributed by atoms with Gasteiger partial charge in [-0.25, -0.2) is 14.2 Å². The predicted octanol–water partition coefficient (Wildman–Crippen LogP) is 2.32. The Bertz CT molecular complexity index is 1460. The molecule has 0 radical (unpaired) electrons. The maximum atomic E-state index is 15.2. The number of rotatable bonds is 3. The number of anilines is 3. The molecule has 10 nitrogen and oxygen atoms in total. The van der Waals surface area contributed by atoms with Crippen molar-refractivity contribution in [2.45, 2.75) is 44.6 Å². The monoisotopic (exact) mass is 521 g/mol. The van der Waals surface area contributed by atoms with Gasteiger partial charge in [0.15, 0.2) is 0 Å². The van der Waals surface area contributed by atoms with Gasteiger partial charge in [0.2, 0.25) is 11.8 Å². The molecule has 3 fully saturated rings. The molecule has 200 valence electrons. The molecule has 0 bridgehead atoms. The number of carbonyl (C=O) groups excluding carboxylic acids is 2. The quantitative estimate of drug-likeness (QED) is 0.508. The van der Waals surface area contributed by atoms with Crippen LogP contribution in [0.4, 0.5) is 21.6 Å². The molecule has 3 aromatic rings. The number of imidazole rings is 1. The topological polar surface area (TPSA) is 118 Å². The van der Waals surface area contributed by atoms with Crippen molar-refractivity contribution in [2.24, 2.45) is 12.5 Å². The molecular formula is C27H32FN7O3. The lowest BCUT2D eigenvalue weighted by atomic mass is 9.71. The number of aromatic nitrogens is 3. The van der Waals surface area contributed by atoms with E-state index in [1.54, 1.807) is 13.1 Å². The number of hydrogen-bond donors (Lipinski definition) is 2. The zero-order valence-corrected chi connectivity index (χ0v) is 21.5. The number of nitrogen functional groups attached to an aromatic ring is 1. The van der Waals surface area contributed by atoms with E-state index in [1.165, 1.54) is 15.2 Å². The van der Waals surface area contributed by atoms with Gasteiger partial charge in [-0.05, 0) is 61.8 Å². The standard InChI is InChI=1S/C27H32FN7O3/c1-32-24-19(4-3-18(28)23(24)35(26(32)38)20-5-7-22(36)31-25(20)37)34-14-10-27(11-15-34)8-12-33(13-9-27)17-2-6-21(29)30-16-17/h2-4,6,16,20H,5,7-15H2,1H3,(H2,29,30)(H,31,36,37)/t20-/m1/s1. The highest BCUT2D eigenvalue weighted by Crippen LogP contribution is 2.44. The van der Waals surface area contributed by atoms with Gasteiger partial charge >= 0.3 is 5.69 Å². The third-order valence-electron chi connectivity index (χ3n) is 8.80. The first-order valence-electron chi connectivity index (χ1n) is 13.2. The second-order valence-corrected chi connectivity index (χ2v) is 10.9. The zero-order valence-electron chi connectivity index (χ0n) is 21.5. The number of aryl methyl sites for hydroxylation is 1. The molecule has 0 unspecified atom stereocenters. The molecule has 3 aliphatic rings. The van der Waals surface area contributed by atoms with Gasteiger partial charge in [0.1, 0.15) is 23.2 Å². The molecule has 3 aliphatic heterocycles. The maximum Gasteiger partial charge on any atom is 0.329 e. The molecular weight excluding hydrogens is 489 g/mol. The smallest absolute Gasteiger partial charge is 0.329 e. The highest BCUT2D eigenvalue weighted by molar-refractivity contribution is 6.00. The van der Waals surface area contributed by atoms with Crippen LogP contribution in [0.15, 0.2) is 35.3 Å². The van der Waals surface area contributed by atoms with Crippen molar-refractivity contribution in [3.8, 4) is 0 Å². The second kappa shape index (κ2) is 9.14. The normalized spacial score (nSPS) is 21.8. The Balaban J connectivity index is 1.23. The third kappa shape index (κ3) is 4.00. The minimum absolute atomic E-state index is 0.112. The highest BCUT2D eigenvalue weighted by atomic mass is 19.1. The van der Waals surface area contributed by atoms with Gasteiger partial charge in [0, 0.05) is 39.6 Å². The lowest BCUT2D eigenvalue weighted by molar-refractivity contribution is -0.135. The number of benzene rings is 1. The first-order valence-corrected chi connectivity index (χ1v) is 13.2. The van der Waals surface area contributed by atoms with E-state index in [0.29, 0.717) is 11.3 Å². The summed E-state index contributed by atoms with van der Waals surface area (Å²) in [5.41, 5.74) is 8.04. The summed E-state index contributed by atoms with van der Waals surface area (Å²) >= 11 is 0. The van der Waals surface area contributed by atoms with Crippen molar-refractivity contribution in [3.05, 3.63) is 46.8 Å². The lowest BCUT2D eigenvalue weighted by Gasteiger charge is -2.48. The molecule has 5 heterocycles. The molecule has 38 heavy (non-hydrogen) atoms. The minimum Gasteiger partial charge on any atom is -0.384 e. The van der Waals surface area contributed by atoms with Crippen LogP contribution in [0.25, 0.3) is 11.0 Å². The van der Waals surface area contributed by atoms with Gasteiger partial charge in [-0.3, -0.25) is 24.0 Å². The van der Waals surface area contributed by atoms with Crippen molar-refractivity contribution < 1.29 is 14.0 Å². The Labute approximate surface area is 219 Å². The van der Waals surface area contributed by atoms with E-state index in [4.69, 9.17) is 5.73 Å². The summed E-state index contributed by atoms with van der Waals surface area (Å²) in [6.45, 7) is 3.55. The zero-order chi connectivity index (χ0) is 26.6. The maximum absolute atomic E-state index is 15.2. The highest BCUT2D eigenvalue weighted by Gasteiger charge is 2.39. The molecule has 6 rings (SSSR count). The number of piperidine rings is 3. The van der Waals surface area contributed by atoms with Crippen molar-refractivity contribution >= 4 is 40.0 Å². The number of amides is 2. The fourth-order valence-corrected chi connectivity index (χ4v) is 6.48. The number of nitrogens with two attached hydrogens (primary N) is 1. The predicted molar refractivity (Wildman–Crippen MR) is 143 cm³/mol. The van der Waals surface area contributed by atoms with Crippen LogP contribution < -0.4 is 26.5 Å². The molecule has 3 N–H and O–H groups in total. The Morgan fingerprint density at radius 1 is 0.974 bits per heavy atom. The number of fused-ring (bicyclic) bond motifs is 1. The van der Waals surface area contributed by atoms with Crippen LogP contribution in [0.1, 0.15) is 44.6 Å². The molecule has 1 spiro atoms. The molecule has 2 aromatic heterocycles. The molecule has 0 saturated carbocycles. The molecule has 0 aliphatic carbocycles. The van der Waals surface area contributed by atoms with Crippen molar-refractivity contribution in [2.75, 3.05) is 41.7 Å². The van der Waals surface area contributed by atoms with Crippen LogP contribution in [-0.4, -0.2) is 52.1 Å². The fraction of sp³-hybridized carbons (Fsp3) is 0.481. The lowest BCUT2D eigenvalue weighted by Crippen LogP contribution is -2.47. The van der Waals surface area contributed by atoms with Crippen LogP contribution in [0.5, 0.6) is 0 Å². The number of halogens is 1. The van der Waals surface area contributed by atoms with Crippen molar-refractivity contribution in [1.82, 2.24) is 19.4 Å². The van der Waals surface area contributed by atoms with Gasteiger partial charge < -0.3 is 15.5 Å². The minimum atomic E-state index is -0.917. The van der Waals surface area contributed by atoms with Gasteiger partial charge in [0.05, 0.1) is 23.1 Å². The molecule has 2 amide bonds. The Hall–Kier alpha value is -3.89. The van der Waals surface area contributed by atoms with Gasteiger partial charge in [-0.1, -0.05) is 0 Å². The number of carbonyl (C=O) groups is 2. The van der Waals surface area contributed by atoms with Crippen LogP contribution in [-0.2, 0) is 16.6 Å². The van der Waals surface area contributed by atoms with Crippen LogP contribution in [0, 0.1) is 11.2 Å². The molecule has 1 aromatic carbocycles. The first-order chi connectivity index (χ1) is 18.3. The largest absolute Gasteiger partial charge is 0.384 e. The summed E-state index contributed by atoms with van der Waals surface area (Å²) in [4.78, 5) is 46.3. The number of nitrogens with zero attached hydrogens (tertiary/aromatic N) is 5. The van der Waals surface area contributed by atoms with Crippen molar-refractivity contribution in [3.63, 3.8) is 0 Å². The Morgan fingerprint density at radius 2 is 1.66 bits per heavy atom. The summed E-state index contributed by atoms with van der Waals surface area (Å²) in [5.74, 6) is -0.973. The summed E-state index contributed by atoms with van der Waals surface area (Å²) in [6.07, 6.45) is 6.33. The van der Waals surface area contributed by atoms with Crippen LogP contribution in [0.3, 0.4) is 0 Å². The number of imide groups is 1. The van der Waals surface area contributed by atoms with Gasteiger partial charge in [-0.2, -0.15) is 0 Å². The second-order valence-electron chi connectivity index (χ2n) is 10.9. The number of pyridine rings is 1. The van der Waals surface area contributed by atoms with Crippen LogP contribution >= 0.6 is 0 Å². The first kappa shape index (κ1) is 24.4. The summed E-state index contributed by atoms with van der Waals surface area (Å²) < 4.78 is 17.9. The van der Waals surface area contributed by atoms with Crippen LogP contribution in [0.2, 0.25) is 0 Å². The molecule has 1 atom stereocenters. The average Bonchev–Trinajstić information content (AvgIpc) is 3.17. The van der Waals surface area contributed by atoms with E-state index >= 15 is 4.39 Å². The molecule has 11 heteroatoms. The summed E-state index contributed by atoms with van der Waals surface area (Å²) in [7, 11) is 1.61. The van der Waals surface area contributed by atoms with E-state index in [1.807, 2.05) is 18.3 Å². The SMILES string of the molecule is Cn1c(=O)n([C@@H]2CCC(=O)NC2=O)c2c(F)ccc(N3CCC4(CCN(c5ccc(N)nc5)CC4)CC3)c21. The van der Waals surface area contributed by atoms with E-state index in [9.17, 15) is 14.4 Å². The average molecular weight is 522 g/mol. The van der Waals surface area contributed by atoms with E-state index < -0.39 is 23.5 Å². The fourth-order valence-electron chi connectivity index (χ4n) is 6.48. The summed E-state index contributed by atoms with van der Waals surface area (Å²) in [6, 6.07) is 6.06. The van der Waals surface area contributed by atoms with E-state index in [2.05, 4.69) is 20.1 Å².